The van der Waals surface area contributed by atoms with Gasteiger partial charge in [-0.05, 0) is 19.3 Å². The van der Waals surface area contributed by atoms with E-state index in [-0.39, 0.29) is 44.6 Å². The van der Waals surface area contributed by atoms with Crippen molar-refractivity contribution in [1.29, 1.82) is 0 Å². The van der Waals surface area contributed by atoms with Crippen LogP contribution in [0.15, 0.2) is 0 Å². The second kappa shape index (κ2) is 38.6. The predicted octanol–water partition coefficient (Wildman–Crippen LogP) is 4.75. The van der Waals surface area contributed by atoms with Gasteiger partial charge in [0, 0.05) is 19.3 Å². The predicted molar refractivity (Wildman–Crippen MR) is 176 cm³/mol. The number of carbonyl (C=O) groups excluding carboxylic acids is 2. The standard InChI is InChI=1S/C34H64O13/c1-2-3-4-5-6-7-8-9-10-14-33(37)46-30-28-44-26-24-42-22-20-40-18-16-39-17-19-41-21-23-43-25-27-45-29-31-47-34(38)15-12-11-13-32(35)36/h2-31H2,1H3,(H,35,36). The quantitative estimate of drug-likeness (QED) is 0.0702. The van der Waals surface area contributed by atoms with Crippen molar-refractivity contribution in [3.8, 4) is 0 Å². The van der Waals surface area contributed by atoms with Gasteiger partial charge in [-0.3, -0.25) is 14.4 Å². The average Bonchev–Trinajstić information content (AvgIpc) is 3.05. The van der Waals surface area contributed by atoms with Crippen LogP contribution in [0.4, 0.5) is 0 Å². The highest BCUT2D eigenvalue weighted by molar-refractivity contribution is 5.70. The number of carbonyl (C=O) groups is 3. The summed E-state index contributed by atoms with van der Waals surface area (Å²) in [7, 11) is 0. The molecule has 13 heteroatoms. The van der Waals surface area contributed by atoms with Gasteiger partial charge in [0.1, 0.15) is 13.2 Å². The van der Waals surface area contributed by atoms with Crippen molar-refractivity contribution < 1.29 is 62.1 Å². The van der Waals surface area contributed by atoms with Gasteiger partial charge in [-0.1, -0.05) is 58.3 Å². The van der Waals surface area contributed by atoms with E-state index in [1.165, 1.54) is 44.9 Å². The monoisotopic (exact) mass is 680 g/mol. The highest BCUT2D eigenvalue weighted by atomic mass is 16.6. The molecule has 0 fully saturated rings. The van der Waals surface area contributed by atoms with E-state index in [0.29, 0.717) is 105 Å². The summed E-state index contributed by atoms with van der Waals surface area (Å²) >= 11 is 0. The lowest BCUT2D eigenvalue weighted by Gasteiger charge is -2.09. The number of hydrogen-bond acceptors (Lipinski definition) is 12. The topological polar surface area (TPSA) is 155 Å². The van der Waals surface area contributed by atoms with Gasteiger partial charge in [-0.25, -0.2) is 0 Å². The van der Waals surface area contributed by atoms with Crippen LogP contribution >= 0.6 is 0 Å². The third-order valence-corrected chi connectivity index (χ3v) is 6.72. The molecule has 278 valence electrons. The van der Waals surface area contributed by atoms with Crippen molar-refractivity contribution in [3.05, 3.63) is 0 Å². The smallest absolute Gasteiger partial charge is 0.305 e. The first kappa shape index (κ1) is 45.1. The Morgan fingerprint density at radius 2 is 0.617 bits per heavy atom. The molecule has 0 aliphatic rings. The maximum Gasteiger partial charge on any atom is 0.305 e. The van der Waals surface area contributed by atoms with Gasteiger partial charge in [0.25, 0.3) is 0 Å². The van der Waals surface area contributed by atoms with E-state index in [9.17, 15) is 14.4 Å². The summed E-state index contributed by atoms with van der Waals surface area (Å²) in [5.41, 5.74) is 0. The Bertz CT molecular complexity index is 693. The van der Waals surface area contributed by atoms with Crippen LogP contribution in [-0.4, -0.2) is 129 Å². The second-order valence-corrected chi connectivity index (χ2v) is 10.9. The lowest BCUT2D eigenvalue weighted by molar-refractivity contribution is -0.146. The van der Waals surface area contributed by atoms with Gasteiger partial charge < -0.3 is 47.7 Å². The first-order valence-corrected chi connectivity index (χ1v) is 17.6. The zero-order valence-corrected chi connectivity index (χ0v) is 29.1. The third-order valence-electron chi connectivity index (χ3n) is 6.72. The van der Waals surface area contributed by atoms with E-state index in [4.69, 9.17) is 47.7 Å². The Hall–Kier alpha value is -1.87. The molecule has 0 bridgehead atoms. The van der Waals surface area contributed by atoms with E-state index >= 15 is 0 Å². The zero-order chi connectivity index (χ0) is 34.3. The van der Waals surface area contributed by atoms with E-state index < -0.39 is 5.97 Å². The summed E-state index contributed by atoms with van der Waals surface area (Å²) in [5.74, 6) is -1.36. The molecule has 47 heavy (non-hydrogen) atoms. The summed E-state index contributed by atoms with van der Waals surface area (Å²) in [4.78, 5) is 33.6. The van der Waals surface area contributed by atoms with Gasteiger partial charge >= 0.3 is 17.9 Å². The third kappa shape index (κ3) is 40.2. The molecule has 1 N–H and O–H groups in total. The lowest BCUT2D eigenvalue weighted by Crippen LogP contribution is -2.15. The number of aliphatic carboxylic acids is 1. The fraction of sp³-hybridized carbons (Fsp3) is 0.912. The van der Waals surface area contributed by atoms with Crippen LogP contribution in [0.2, 0.25) is 0 Å². The van der Waals surface area contributed by atoms with Crippen LogP contribution in [0.5, 0.6) is 0 Å². The number of unbranched alkanes of at least 4 members (excludes halogenated alkanes) is 9. The minimum atomic E-state index is -0.863. The fourth-order valence-corrected chi connectivity index (χ4v) is 4.12. The van der Waals surface area contributed by atoms with Crippen molar-refractivity contribution in [2.24, 2.45) is 0 Å². The normalized spacial score (nSPS) is 11.2. The van der Waals surface area contributed by atoms with Crippen molar-refractivity contribution in [2.75, 3.05) is 106 Å². The number of carboxylic acid groups (broad SMARTS) is 1. The summed E-state index contributed by atoms with van der Waals surface area (Å²) in [6, 6.07) is 0. The molecule has 0 aromatic heterocycles. The second-order valence-electron chi connectivity index (χ2n) is 10.9. The maximum atomic E-state index is 11.8. The minimum absolute atomic E-state index is 0.0598. The largest absolute Gasteiger partial charge is 0.481 e. The molecular weight excluding hydrogens is 616 g/mol. The van der Waals surface area contributed by atoms with E-state index in [0.717, 1.165) is 12.8 Å². The van der Waals surface area contributed by atoms with Crippen molar-refractivity contribution >= 4 is 17.9 Å². The molecule has 0 saturated carbocycles. The van der Waals surface area contributed by atoms with Crippen LogP contribution in [-0.2, 0) is 57.0 Å². The van der Waals surface area contributed by atoms with E-state index in [1.807, 2.05) is 0 Å². The molecule has 13 nitrogen and oxygen atoms in total. The summed E-state index contributed by atoms with van der Waals surface area (Å²) < 4.78 is 48.2. The zero-order valence-electron chi connectivity index (χ0n) is 29.1. The van der Waals surface area contributed by atoms with Crippen LogP contribution in [0.25, 0.3) is 0 Å². The first-order chi connectivity index (χ1) is 23.1. The summed E-state index contributed by atoms with van der Waals surface area (Å²) in [5, 5.41) is 8.55. The maximum absolute atomic E-state index is 11.8. The molecule has 0 amide bonds. The average molecular weight is 681 g/mol. The van der Waals surface area contributed by atoms with Crippen LogP contribution in [0, 0.1) is 0 Å². The molecule has 0 heterocycles. The fourth-order valence-electron chi connectivity index (χ4n) is 4.12. The lowest BCUT2D eigenvalue weighted by atomic mass is 10.1. The summed E-state index contributed by atoms with van der Waals surface area (Å²) in [6.45, 7) is 8.72. The number of carboxylic acids is 1. The van der Waals surface area contributed by atoms with Gasteiger partial charge in [-0.2, -0.15) is 0 Å². The van der Waals surface area contributed by atoms with Crippen molar-refractivity contribution in [1.82, 2.24) is 0 Å². The Kier molecular flexibility index (Phi) is 37.0. The van der Waals surface area contributed by atoms with Crippen LogP contribution in [0.1, 0.15) is 96.8 Å². The molecule has 0 aliphatic carbocycles. The number of rotatable bonds is 39. The SMILES string of the molecule is CCCCCCCCCCCC(=O)OCCOCCOCCOCCOCCOCCOCCOCCOC(=O)CCCCC(=O)O. The molecule has 0 rings (SSSR count). The Balaban J connectivity index is 3.16. The number of hydrogen-bond donors (Lipinski definition) is 1. The van der Waals surface area contributed by atoms with Gasteiger partial charge in [-0.15, -0.1) is 0 Å². The van der Waals surface area contributed by atoms with Gasteiger partial charge in [0.05, 0.1) is 92.5 Å². The Morgan fingerprint density at radius 3 is 0.936 bits per heavy atom. The molecule has 0 unspecified atom stereocenters. The highest BCUT2D eigenvalue weighted by Crippen LogP contribution is 2.10. The molecule has 0 atom stereocenters. The van der Waals surface area contributed by atoms with E-state index in [1.54, 1.807) is 0 Å². The molecule has 0 aromatic carbocycles. The molecule has 0 spiro atoms. The summed E-state index contributed by atoms with van der Waals surface area (Å²) in [6.07, 6.45) is 12.8. The van der Waals surface area contributed by atoms with Crippen molar-refractivity contribution in [2.45, 2.75) is 96.8 Å². The van der Waals surface area contributed by atoms with Crippen LogP contribution < -0.4 is 0 Å². The number of esters is 2. The highest BCUT2D eigenvalue weighted by Gasteiger charge is 2.05. The molecular formula is C34H64O13. The minimum Gasteiger partial charge on any atom is -0.481 e. The first-order valence-electron chi connectivity index (χ1n) is 17.6. The Morgan fingerprint density at radius 1 is 0.362 bits per heavy atom. The van der Waals surface area contributed by atoms with Gasteiger partial charge in [0.2, 0.25) is 0 Å². The van der Waals surface area contributed by atoms with Gasteiger partial charge in [0.15, 0.2) is 0 Å². The van der Waals surface area contributed by atoms with Crippen molar-refractivity contribution in [3.63, 3.8) is 0 Å². The molecule has 0 aliphatic heterocycles. The number of ether oxygens (including phenoxy) is 9. The Labute approximate surface area is 282 Å². The molecule has 0 aromatic rings. The molecule has 0 radical (unpaired) electrons. The van der Waals surface area contributed by atoms with E-state index in [2.05, 4.69) is 6.92 Å². The van der Waals surface area contributed by atoms with Crippen LogP contribution in [0.3, 0.4) is 0 Å². The molecule has 0 saturated heterocycles.